The van der Waals surface area contributed by atoms with Crippen molar-refractivity contribution in [3.8, 4) is 0 Å². The highest BCUT2D eigenvalue weighted by atomic mass is 32.2. The summed E-state index contributed by atoms with van der Waals surface area (Å²) in [6.45, 7) is 6.71. The predicted octanol–water partition coefficient (Wildman–Crippen LogP) is 0.183. The molecule has 1 atom stereocenters. The van der Waals surface area contributed by atoms with Crippen LogP contribution in [0.5, 0.6) is 0 Å². The summed E-state index contributed by atoms with van der Waals surface area (Å²) >= 11 is 0. The summed E-state index contributed by atoms with van der Waals surface area (Å²) in [5.41, 5.74) is -0.403. The van der Waals surface area contributed by atoms with Crippen LogP contribution in [0.2, 0.25) is 0 Å². The molecule has 94 valence electrons. The molecule has 0 aromatic rings. The molecule has 0 bridgehead atoms. The Labute approximate surface area is 97.2 Å². The van der Waals surface area contributed by atoms with Crippen LogP contribution in [0.4, 0.5) is 0 Å². The van der Waals surface area contributed by atoms with Crippen LogP contribution in [0.15, 0.2) is 0 Å². The standard InChI is InChI=1S/C10H20N2O3S/c1-10(2,3)9(13)12-6-5-8(7-12)11-16(4,14)15/h8,11H,5-7H2,1-4H3. The van der Waals surface area contributed by atoms with Crippen LogP contribution in [0.3, 0.4) is 0 Å². The first-order valence-corrected chi connectivity index (χ1v) is 7.25. The van der Waals surface area contributed by atoms with Gasteiger partial charge in [-0.15, -0.1) is 0 Å². The Morgan fingerprint density at radius 3 is 2.38 bits per heavy atom. The van der Waals surface area contributed by atoms with Gasteiger partial charge < -0.3 is 4.90 Å². The van der Waals surface area contributed by atoms with Crippen molar-refractivity contribution in [2.24, 2.45) is 5.41 Å². The molecule has 1 amide bonds. The Hall–Kier alpha value is -0.620. The lowest BCUT2D eigenvalue weighted by atomic mass is 9.95. The van der Waals surface area contributed by atoms with Gasteiger partial charge in [-0.05, 0) is 6.42 Å². The molecule has 1 heterocycles. The average Bonchev–Trinajstić information content (AvgIpc) is 2.46. The van der Waals surface area contributed by atoms with Gasteiger partial charge in [-0.25, -0.2) is 13.1 Å². The van der Waals surface area contributed by atoms with Gasteiger partial charge in [-0.2, -0.15) is 0 Å². The summed E-state index contributed by atoms with van der Waals surface area (Å²) in [6, 6.07) is -0.138. The zero-order chi connectivity index (χ0) is 12.6. The molecule has 1 saturated heterocycles. The summed E-state index contributed by atoms with van der Waals surface area (Å²) in [4.78, 5) is 13.7. The Morgan fingerprint density at radius 2 is 1.94 bits per heavy atom. The molecule has 0 spiro atoms. The highest BCUT2D eigenvalue weighted by Crippen LogP contribution is 2.21. The van der Waals surface area contributed by atoms with Crippen LogP contribution in [0.1, 0.15) is 27.2 Å². The fourth-order valence-electron chi connectivity index (χ4n) is 1.82. The van der Waals surface area contributed by atoms with Crippen LogP contribution >= 0.6 is 0 Å². The zero-order valence-electron chi connectivity index (χ0n) is 10.3. The van der Waals surface area contributed by atoms with Gasteiger partial charge in [-0.1, -0.05) is 20.8 Å². The second kappa shape index (κ2) is 4.33. The molecule has 0 aromatic carbocycles. The van der Waals surface area contributed by atoms with Crippen molar-refractivity contribution in [2.75, 3.05) is 19.3 Å². The molecule has 0 saturated carbocycles. The first-order chi connectivity index (χ1) is 7.09. The third-order valence-electron chi connectivity index (χ3n) is 2.50. The maximum Gasteiger partial charge on any atom is 0.228 e. The molecule has 1 aliphatic heterocycles. The maximum atomic E-state index is 11.9. The lowest BCUT2D eigenvalue weighted by Crippen LogP contribution is -2.41. The molecule has 16 heavy (non-hydrogen) atoms. The van der Waals surface area contributed by atoms with Crippen molar-refractivity contribution < 1.29 is 13.2 Å². The van der Waals surface area contributed by atoms with Gasteiger partial charge in [-0.3, -0.25) is 4.79 Å². The van der Waals surface area contributed by atoms with Crippen LogP contribution in [0.25, 0.3) is 0 Å². The van der Waals surface area contributed by atoms with Gasteiger partial charge in [0.1, 0.15) is 0 Å². The molecule has 0 radical (unpaired) electrons. The van der Waals surface area contributed by atoms with Gasteiger partial charge in [0.05, 0.1) is 6.26 Å². The summed E-state index contributed by atoms with van der Waals surface area (Å²) < 4.78 is 24.6. The number of nitrogens with zero attached hydrogens (tertiary/aromatic N) is 1. The number of likely N-dealkylation sites (tertiary alicyclic amines) is 1. The smallest absolute Gasteiger partial charge is 0.228 e. The molecule has 0 aliphatic carbocycles. The first kappa shape index (κ1) is 13.4. The van der Waals surface area contributed by atoms with Crippen molar-refractivity contribution in [3.63, 3.8) is 0 Å². The normalized spacial score (nSPS) is 22.5. The van der Waals surface area contributed by atoms with Crippen LogP contribution in [0, 0.1) is 5.41 Å². The van der Waals surface area contributed by atoms with E-state index >= 15 is 0 Å². The van der Waals surface area contributed by atoms with E-state index in [9.17, 15) is 13.2 Å². The number of nitrogens with one attached hydrogen (secondary N) is 1. The Kier molecular flexibility index (Phi) is 3.64. The number of carbonyl (C=O) groups is 1. The number of hydrogen-bond acceptors (Lipinski definition) is 3. The molecule has 6 heteroatoms. The molecule has 1 rings (SSSR count). The highest BCUT2D eigenvalue weighted by Gasteiger charge is 2.33. The lowest BCUT2D eigenvalue weighted by Gasteiger charge is -2.25. The number of carbonyl (C=O) groups excluding carboxylic acids is 1. The van der Waals surface area contributed by atoms with Gasteiger partial charge in [0.25, 0.3) is 0 Å². The molecule has 1 unspecified atom stereocenters. The van der Waals surface area contributed by atoms with E-state index in [1.807, 2.05) is 20.8 Å². The maximum absolute atomic E-state index is 11.9. The number of rotatable bonds is 2. The molecule has 5 nitrogen and oxygen atoms in total. The average molecular weight is 248 g/mol. The summed E-state index contributed by atoms with van der Waals surface area (Å²) in [7, 11) is -3.18. The van der Waals surface area contributed by atoms with Crippen LogP contribution < -0.4 is 4.72 Å². The summed E-state index contributed by atoms with van der Waals surface area (Å²) in [5.74, 6) is 0.0744. The van der Waals surface area contributed by atoms with E-state index in [0.29, 0.717) is 19.5 Å². The van der Waals surface area contributed by atoms with Gasteiger partial charge in [0, 0.05) is 24.5 Å². The monoisotopic (exact) mass is 248 g/mol. The van der Waals surface area contributed by atoms with Crippen molar-refractivity contribution in [1.82, 2.24) is 9.62 Å². The Balaban J connectivity index is 2.57. The number of hydrogen-bond donors (Lipinski definition) is 1. The molecule has 1 N–H and O–H groups in total. The Morgan fingerprint density at radius 1 is 1.38 bits per heavy atom. The van der Waals surface area contributed by atoms with E-state index in [1.54, 1.807) is 4.90 Å². The van der Waals surface area contributed by atoms with E-state index < -0.39 is 15.4 Å². The lowest BCUT2D eigenvalue weighted by molar-refractivity contribution is -0.138. The van der Waals surface area contributed by atoms with Crippen LogP contribution in [-0.4, -0.2) is 44.6 Å². The first-order valence-electron chi connectivity index (χ1n) is 5.36. The van der Waals surface area contributed by atoms with Gasteiger partial charge in [0.15, 0.2) is 0 Å². The van der Waals surface area contributed by atoms with Gasteiger partial charge >= 0.3 is 0 Å². The van der Waals surface area contributed by atoms with E-state index in [-0.39, 0.29) is 11.9 Å². The van der Waals surface area contributed by atoms with Crippen molar-refractivity contribution in [2.45, 2.75) is 33.2 Å². The quantitative estimate of drug-likeness (QED) is 0.758. The molecule has 0 aromatic heterocycles. The van der Waals surface area contributed by atoms with E-state index in [1.165, 1.54) is 0 Å². The summed E-state index contributed by atoms with van der Waals surface area (Å²) in [5, 5.41) is 0. The minimum absolute atomic E-state index is 0.0744. The largest absolute Gasteiger partial charge is 0.341 e. The highest BCUT2D eigenvalue weighted by molar-refractivity contribution is 7.88. The third kappa shape index (κ3) is 3.75. The fourth-order valence-corrected chi connectivity index (χ4v) is 2.62. The molecular weight excluding hydrogens is 228 g/mol. The van der Waals surface area contributed by atoms with Crippen molar-refractivity contribution in [3.05, 3.63) is 0 Å². The predicted molar refractivity (Wildman–Crippen MR) is 62.4 cm³/mol. The molecule has 1 aliphatic rings. The fraction of sp³-hybridized carbons (Fsp3) is 0.900. The van der Waals surface area contributed by atoms with E-state index in [2.05, 4.69) is 4.72 Å². The molecular formula is C10H20N2O3S. The van der Waals surface area contributed by atoms with Crippen LogP contribution in [-0.2, 0) is 14.8 Å². The zero-order valence-corrected chi connectivity index (χ0v) is 11.1. The second-order valence-electron chi connectivity index (χ2n) is 5.38. The van der Waals surface area contributed by atoms with E-state index in [0.717, 1.165) is 6.26 Å². The number of sulfonamides is 1. The third-order valence-corrected chi connectivity index (χ3v) is 3.26. The minimum Gasteiger partial charge on any atom is -0.341 e. The Bertz CT molecular complexity index is 370. The molecule has 1 fully saturated rings. The SMILES string of the molecule is CC(C)(C)C(=O)N1CCC(NS(C)(=O)=O)C1. The van der Waals surface area contributed by atoms with E-state index in [4.69, 9.17) is 0 Å². The summed E-state index contributed by atoms with van der Waals surface area (Å²) in [6.07, 6.45) is 1.83. The van der Waals surface area contributed by atoms with Crippen molar-refractivity contribution in [1.29, 1.82) is 0 Å². The number of amides is 1. The van der Waals surface area contributed by atoms with Gasteiger partial charge in [0.2, 0.25) is 15.9 Å². The minimum atomic E-state index is -3.18. The van der Waals surface area contributed by atoms with Crippen molar-refractivity contribution >= 4 is 15.9 Å². The second-order valence-corrected chi connectivity index (χ2v) is 7.16. The topological polar surface area (TPSA) is 66.5 Å².